The molecule has 0 spiro atoms. The first kappa shape index (κ1) is 17.2. The molecule has 0 unspecified atom stereocenters. The van der Waals surface area contributed by atoms with Crippen molar-refractivity contribution in [3.05, 3.63) is 0 Å². The Labute approximate surface area is 116 Å². The molecular weight excluding hydrogens is 253 g/mol. The van der Waals surface area contributed by atoms with Gasteiger partial charge in [0.25, 0.3) is 0 Å². The predicted molar refractivity (Wildman–Crippen MR) is 63.8 cm³/mol. The molecule has 72 valence electrons. The Balaban J connectivity index is 0. The van der Waals surface area contributed by atoms with Crippen LogP contribution in [0.1, 0.15) is 13.3 Å². The van der Waals surface area contributed by atoms with Gasteiger partial charge in [-0.05, 0) is 12.2 Å². The van der Waals surface area contributed by atoms with Gasteiger partial charge in [-0.2, -0.15) is 7.43 Å². The Morgan fingerprint density at radius 3 is 2.31 bits per heavy atom. The maximum absolute atomic E-state index is 10.4. The zero-order valence-corrected chi connectivity index (χ0v) is 13.2. The zero-order valence-electron chi connectivity index (χ0n) is 7.89. The van der Waals surface area contributed by atoms with E-state index in [4.69, 9.17) is 0 Å². The summed E-state index contributed by atoms with van der Waals surface area (Å²) in [5, 5.41) is 0. The normalized spacial score (nSPS) is 14.3. The summed E-state index contributed by atoms with van der Waals surface area (Å²) < 4.78 is 10.4. The Hall–Kier alpha value is 1.77. The first-order valence-corrected chi connectivity index (χ1v) is 8.22. The van der Waals surface area contributed by atoms with Crippen molar-refractivity contribution in [1.82, 2.24) is 0 Å². The van der Waals surface area contributed by atoms with Crippen LogP contribution in [-0.2, 0) is 29.8 Å². The maximum Gasteiger partial charge on any atom is 1.00 e. The molecule has 0 saturated heterocycles. The molecule has 1 heterocycles. The summed E-state index contributed by atoms with van der Waals surface area (Å²) in [6.07, 6.45) is 0.825. The van der Waals surface area contributed by atoms with E-state index in [-0.39, 0.29) is 29.6 Å². The van der Waals surface area contributed by atoms with E-state index in [1.165, 1.54) is 5.75 Å². The SMILES string of the molecule is C1=NCCS1.CCCS([O-])(=S)=S.[Na+]. The van der Waals surface area contributed by atoms with E-state index >= 15 is 0 Å². The van der Waals surface area contributed by atoms with Gasteiger partial charge in [0.1, 0.15) is 0 Å². The minimum atomic E-state index is -2.26. The Morgan fingerprint density at radius 1 is 1.62 bits per heavy atom. The molecule has 0 fully saturated rings. The third-order valence-electron chi connectivity index (χ3n) is 0.941. The number of rotatable bonds is 2. The number of hydrogen-bond acceptors (Lipinski definition) is 5. The van der Waals surface area contributed by atoms with Crippen molar-refractivity contribution >= 4 is 47.1 Å². The number of nitrogens with zero attached hydrogens (tertiary/aromatic N) is 1. The van der Waals surface area contributed by atoms with Crippen LogP contribution >= 0.6 is 11.8 Å². The minimum Gasteiger partial charge on any atom is -0.790 e. The Morgan fingerprint density at radius 2 is 2.23 bits per heavy atom. The van der Waals surface area contributed by atoms with E-state index in [1.54, 1.807) is 11.8 Å². The molecule has 1 aliphatic rings. The van der Waals surface area contributed by atoms with Gasteiger partial charge in [0.05, 0.1) is 5.55 Å². The molecule has 0 radical (unpaired) electrons. The predicted octanol–water partition coefficient (Wildman–Crippen LogP) is -1.63. The third kappa shape index (κ3) is 16.4. The smallest absolute Gasteiger partial charge is 0.790 e. The molecule has 0 aliphatic carbocycles. The van der Waals surface area contributed by atoms with Crippen LogP contribution < -0.4 is 29.6 Å². The summed E-state index contributed by atoms with van der Waals surface area (Å²) in [6.45, 7) is 2.95. The van der Waals surface area contributed by atoms with Crippen molar-refractivity contribution < 1.29 is 34.1 Å². The minimum absolute atomic E-state index is 0. The second-order valence-corrected chi connectivity index (χ2v) is 8.48. The molecule has 13 heavy (non-hydrogen) atoms. The second kappa shape index (κ2) is 10.3. The standard InChI is InChI=1S/C3H5NS.C3H8OS3.Na/c1-2-5-3-4-1;1-2-3-7(4,5)6;/h3H,1-2H2;2-3H2,1H3,(H,4,5,6);/q;;+1/p-1. The molecule has 0 aromatic carbocycles. The van der Waals surface area contributed by atoms with Gasteiger partial charge in [-0.15, -0.1) is 11.8 Å². The molecule has 0 saturated carbocycles. The summed E-state index contributed by atoms with van der Waals surface area (Å²) in [5.74, 6) is 1.69. The molecule has 7 heteroatoms. The second-order valence-electron chi connectivity index (χ2n) is 2.14. The molecule has 0 aromatic rings. The van der Waals surface area contributed by atoms with Crippen LogP contribution in [0.3, 0.4) is 0 Å². The van der Waals surface area contributed by atoms with E-state index in [2.05, 4.69) is 27.4 Å². The van der Waals surface area contributed by atoms with E-state index < -0.39 is 7.43 Å². The van der Waals surface area contributed by atoms with Crippen LogP contribution in [0.25, 0.3) is 0 Å². The van der Waals surface area contributed by atoms with Crippen molar-refractivity contribution in [1.29, 1.82) is 0 Å². The van der Waals surface area contributed by atoms with Crippen LogP contribution in [0.15, 0.2) is 4.99 Å². The zero-order chi connectivity index (χ0) is 9.45. The van der Waals surface area contributed by atoms with Gasteiger partial charge in [0, 0.05) is 12.3 Å². The van der Waals surface area contributed by atoms with Crippen molar-refractivity contribution in [3.63, 3.8) is 0 Å². The van der Waals surface area contributed by atoms with E-state index in [9.17, 15) is 4.55 Å². The van der Waals surface area contributed by atoms with Crippen molar-refractivity contribution in [2.24, 2.45) is 4.99 Å². The number of hydrogen-bond donors (Lipinski definition) is 0. The summed E-state index contributed by atoms with van der Waals surface area (Å²) in [5.41, 5.74) is 1.90. The van der Waals surface area contributed by atoms with Crippen LogP contribution in [0, 0.1) is 0 Å². The van der Waals surface area contributed by atoms with E-state index in [0.29, 0.717) is 5.75 Å². The summed E-state index contributed by atoms with van der Waals surface area (Å²) in [7, 11) is -2.26. The largest absolute Gasteiger partial charge is 1.00 e. The fraction of sp³-hybridized carbons (Fsp3) is 0.833. The van der Waals surface area contributed by atoms with Crippen LogP contribution in [0.5, 0.6) is 0 Å². The van der Waals surface area contributed by atoms with Gasteiger partial charge in [-0.3, -0.25) is 4.99 Å². The average Bonchev–Trinajstić information content (AvgIpc) is 2.38. The molecule has 0 N–H and O–H groups in total. The summed E-state index contributed by atoms with van der Waals surface area (Å²) >= 11 is 10.6. The van der Waals surface area contributed by atoms with Crippen molar-refractivity contribution in [2.75, 3.05) is 18.1 Å². The fourth-order valence-corrected chi connectivity index (χ4v) is 2.54. The van der Waals surface area contributed by atoms with Crippen molar-refractivity contribution in [2.45, 2.75) is 13.3 Å². The molecule has 2 nitrogen and oxygen atoms in total. The van der Waals surface area contributed by atoms with Gasteiger partial charge in [0.15, 0.2) is 0 Å². The fourth-order valence-electron chi connectivity index (χ4n) is 0.514. The van der Waals surface area contributed by atoms with Crippen LogP contribution in [0.4, 0.5) is 0 Å². The summed E-state index contributed by atoms with van der Waals surface area (Å²) in [4.78, 5) is 3.92. The summed E-state index contributed by atoms with van der Waals surface area (Å²) in [6, 6.07) is 0. The molecule has 0 atom stereocenters. The third-order valence-corrected chi connectivity index (χ3v) is 3.57. The molecule has 0 bridgehead atoms. The van der Waals surface area contributed by atoms with Gasteiger partial charge >= 0.3 is 29.6 Å². The quantitative estimate of drug-likeness (QED) is 0.562. The van der Waals surface area contributed by atoms with Gasteiger partial charge in [-0.25, -0.2) is 0 Å². The van der Waals surface area contributed by atoms with Gasteiger partial charge in [0.2, 0.25) is 0 Å². The molecule has 0 aromatic heterocycles. The van der Waals surface area contributed by atoms with Gasteiger partial charge < -0.3 is 4.55 Å². The monoisotopic (exact) mass is 265 g/mol. The maximum atomic E-state index is 10.4. The van der Waals surface area contributed by atoms with Gasteiger partial charge in [-0.1, -0.05) is 29.3 Å². The number of thioether (sulfide) groups is 1. The molecule has 1 rings (SSSR count). The molecule has 1 aliphatic heterocycles. The Kier molecular flexibility index (Phi) is 13.6. The average molecular weight is 265 g/mol. The first-order chi connectivity index (χ1) is 5.56. The molecule has 0 amide bonds. The number of aliphatic imine (C=N–C) groups is 1. The van der Waals surface area contributed by atoms with E-state index in [0.717, 1.165) is 13.0 Å². The Bertz CT molecular complexity index is 221. The van der Waals surface area contributed by atoms with Crippen LogP contribution in [0.2, 0.25) is 0 Å². The van der Waals surface area contributed by atoms with E-state index in [1.807, 2.05) is 12.5 Å². The van der Waals surface area contributed by atoms with Crippen LogP contribution in [-0.4, -0.2) is 28.1 Å². The molecular formula is C6H12NNaOS4. The van der Waals surface area contributed by atoms with Crippen molar-refractivity contribution in [3.8, 4) is 0 Å². The first-order valence-electron chi connectivity index (χ1n) is 3.59. The topological polar surface area (TPSA) is 35.4 Å².